The zero-order valence-electron chi connectivity index (χ0n) is 19.2. The summed E-state index contributed by atoms with van der Waals surface area (Å²) in [4.78, 5) is 29.9. The van der Waals surface area contributed by atoms with Crippen LogP contribution in [0, 0.1) is 6.92 Å². The molecule has 6 nitrogen and oxygen atoms in total. The van der Waals surface area contributed by atoms with Crippen LogP contribution in [0.4, 0.5) is 11.4 Å². The summed E-state index contributed by atoms with van der Waals surface area (Å²) >= 11 is 0. The summed E-state index contributed by atoms with van der Waals surface area (Å²) in [5.74, 6) is -1.21. The molecule has 4 rings (SSSR count). The number of para-hydroxylation sites is 1. The lowest BCUT2D eigenvalue weighted by Crippen LogP contribution is -2.43. The Hall–Kier alpha value is -2.86. The number of carbonyl (C=O) groups excluding carboxylic acids is 2. The van der Waals surface area contributed by atoms with E-state index in [4.69, 9.17) is 0 Å². The monoisotopic (exact) mass is 434 g/mol. The maximum Gasteiger partial charge on any atom is 0.313 e. The largest absolute Gasteiger partial charge is 0.374 e. The molecule has 2 aromatic carbocycles. The lowest BCUT2D eigenvalue weighted by molar-refractivity contribution is -0.136. The van der Waals surface area contributed by atoms with Crippen LogP contribution in [0.25, 0.3) is 0 Å². The molecule has 1 saturated heterocycles. The van der Waals surface area contributed by atoms with Crippen LogP contribution in [0.5, 0.6) is 0 Å². The third-order valence-electron chi connectivity index (χ3n) is 6.73. The van der Waals surface area contributed by atoms with Crippen LogP contribution in [0.3, 0.4) is 0 Å². The number of fused-ring (bicyclic) bond motifs is 1. The van der Waals surface area contributed by atoms with Gasteiger partial charge in [-0.15, -0.1) is 0 Å². The van der Waals surface area contributed by atoms with Gasteiger partial charge in [0, 0.05) is 31.5 Å². The number of nitrogens with one attached hydrogen (secondary N) is 2. The van der Waals surface area contributed by atoms with Gasteiger partial charge in [-0.1, -0.05) is 36.8 Å². The van der Waals surface area contributed by atoms with E-state index in [1.54, 1.807) is 6.07 Å². The van der Waals surface area contributed by atoms with Crippen molar-refractivity contribution < 1.29 is 9.59 Å². The molecule has 2 aromatic rings. The first kappa shape index (κ1) is 22.3. The molecule has 6 heteroatoms. The van der Waals surface area contributed by atoms with Gasteiger partial charge in [-0.3, -0.25) is 14.5 Å². The quantitative estimate of drug-likeness (QED) is 0.705. The molecule has 0 saturated carbocycles. The third kappa shape index (κ3) is 5.13. The molecule has 0 bridgehead atoms. The Bertz CT molecular complexity index is 968. The van der Waals surface area contributed by atoms with Crippen LogP contribution in [-0.4, -0.2) is 49.9 Å². The minimum atomic E-state index is -0.622. The van der Waals surface area contributed by atoms with E-state index in [1.165, 1.54) is 36.1 Å². The Balaban J connectivity index is 1.47. The SMILES string of the molecule is Cc1ccccc1NC(=O)C(=O)NC[C@@H](c1ccc2c(c1)CCCN2C)N1CCCCC1. The van der Waals surface area contributed by atoms with Crippen LogP contribution >= 0.6 is 0 Å². The van der Waals surface area contributed by atoms with Crippen molar-refractivity contribution in [1.82, 2.24) is 10.2 Å². The number of hydrogen-bond donors (Lipinski definition) is 2. The highest BCUT2D eigenvalue weighted by molar-refractivity contribution is 6.39. The second-order valence-corrected chi connectivity index (χ2v) is 9.00. The van der Waals surface area contributed by atoms with Gasteiger partial charge < -0.3 is 15.5 Å². The number of aryl methyl sites for hydroxylation is 2. The fraction of sp³-hybridized carbons (Fsp3) is 0.462. The van der Waals surface area contributed by atoms with Crippen molar-refractivity contribution in [2.24, 2.45) is 0 Å². The molecule has 0 aliphatic carbocycles. The van der Waals surface area contributed by atoms with Gasteiger partial charge in [-0.2, -0.15) is 0 Å². The van der Waals surface area contributed by atoms with E-state index in [0.717, 1.165) is 38.0 Å². The molecule has 32 heavy (non-hydrogen) atoms. The van der Waals surface area contributed by atoms with Crippen molar-refractivity contribution in [1.29, 1.82) is 0 Å². The van der Waals surface area contributed by atoms with Crippen LogP contribution in [0.2, 0.25) is 0 Å². The van der Waals surface area contributed by atoms with Gasteiger partial charge in [0.15, 0.2) is 0 Å². The highest BCUT2D eigenvalue weighted by Gasteiger charge is 2.26. The molecule has 0 radical (unpaired) electrons. The number of benzene rings is 2. The van der Waals surface area contributed by atoms with Gasteiger partial charge in [0.1, 0.15) is 0 Å². The lowest BCUT2D eigenvalue weighted by Gasteiger charge is -2.36. The predicted molar refractivity (Wildman–Crippen MR) is 129 cm³/mol. The lowest BCUT2D eigenvalue weighted by atomic mass is 9.95. The van der Waals surface area contributed by atoms with E-state index in [0.29, 0.717) is 12.2 Å². The van der Waals surface area contributed by atoms with Crippen LogP contribution in [0.1, 0.15) is 48.4 Å². The molecule has 0 unspecified atom stereocenters. The third-order valence-corrected chi connectivity index (χ3v) is 6.73. The van der Waals surface area contributed by atoms with E-state index < -0.39 is 11.8 Å². The van der Waals surface area contributed by atoms with Crippen molar-refractivity contribution in [3.05, 3.63) is 59.2 Å². The predicted octanol–water partition coefficient (Wildman–Crippen LogP) is 3.66. The zero-order valence-corrected chi connectivity index (χ0v) is 19.2. The van der Waals surface area contributed by atoms with Gasteiger partial charge in [-0.05, 0) is 74.5 Å². The Kier molecular flexibility index (Phi) is 7.10. The average molecular weight is 435 g/mol. The molecule has 2 aliphatic heterocycles. The van der Waals surface area contributed by atoms with Gasteiger partial charge >= 0.3 is 11.8 Å². The average Bonchev–Trinajstić information content (AvgIpc) is 2.81. The minimum Gasteiger partial charge on any atom is -0.374 e. The van der Waals surface area contributed by atoms with Crippen LogP contribution < -0.4 is 15.5 Å². The molecule has 1 atom stereocenters. The molecular weight excluding hydrogens is 400 g/mol. The first-order valence-electron chi connectivity index (χ1n) is 11.8. The van der Waals surface area contributed by atoms with E-state index in [-0.39, 0.29) is 6.04 Å². The molecule has 2 N–H and O–H groups in total. The summed E-state index contributed by atoms with van der Waals surface area (Å²) in [7, 11) is 2.15. The molecule has 0 spiro atoms. The molecule has 1 fully saturated rings. The number of hydrogen-bond acceptors (Lipinski definition) is 4. The number of piperidine rings is 1. The Morgan fingerprint density at radius 3 is 2.53 bits per heavy atom. The Labute approximate surface area is 191 Å². The summed E-state index contributed by atoms with van der Waals surface area (Å²) in [6.45, 7) is 5.47. The van der Waals surface area contributed by atoms with Gasteiger partial charge in [-0.25, -0.2) is 0 Å². The van der Waals surface area contributed by atoms with E-state index in [1.807, 2.05) is 25.1 Å². The highest BCUT2D eigenvalue weighted by Crippen LogP contribution is 2.31. The number of nitrogens with zero attached hydrogens (tertiary/aromatic N) is 2. The highest BCUT2D eigenvalue weighted by atomic mass is 16.2. The summed E-state index contributed by atoms with van der Waals surface area (Å²) in [6.07, 6.45) is 5.85. The van der Waals surface area contributed by atoms with E-state index >= 15 is 0 Å². The minimum absolute atomic E-state index is 0.0723. The van der Waals surface area contributed by atoms with E-state index in [9.17, 15) is 9.59 Å². The second kappa shape index (κ2) is 10.2. The molecule has 2 amide bonds. The smallest absolute Gasteiger partial charge is 0.313 e. The van der Waals surface area contributed by atoms with Crippen LogP contribution in [-0.2, 0) is 16.0 Å². The first-order valence-corrected chi connectivity index (χ1v) is 11.8. The fourth-order valence-corrected chi connectivity index (χ4v) is 4.86. The molecule has 2 aliphatic rings. The standard InChI is InChI=1S/C26H34N4O2/c1-19-9-4-5-11-22(19)28-26(32)25(31)27-18-24(30-15-6-3-7-16-30)21-12-13-23-20(17-21)10-8-14-29(23)2/h4-5,9,11-13,17,24H,3,6-8,10,14-16,18H2,1-2H3,(H,27,31)(H,28,32)/t24-/m0/s1. The maximum absolute atomic E-state index is 12.6. The molecule has 2 heterocycles. The zero-order chi connectivity index (χ0) is 22.5. The summed E-state index contributed by atoms with van der Waals surface area (Å²) in [6, 6.07) is 14.3. The normalized spacial score (nSPS) is 17.4. The number of amides is 2. The first-order chi connectivity index (χ1) is 15.5. The number of anilines is 2. The molecule has 170 valence electrons. The Morgan fingerprint density at radius 2 is 1.75 bits per heavy atom. The maximum atomic E-state index is 12.6. The number of carbonyl (C=O) groups is 2. The van der Waals surface area contributed by atoms with Crippen molar-refractivity contribution >= 4 is 23.2 Å². The number of rotatable bonds is 5. The topological polar surface area (TPSA) is 64.7 Å². The van der Waals surface area contributed by atoms with Crippen molar-refractivity contribution in [3.63, 3.8) is 0 Å². The molecular formula is C26H34N4O2. The van der Waals surface area contributed by atoms with Gasteiger partial charge in [0.25, 0.3) is 0 Å². The molecule has 0 aromatic heterocycles. The van der Waals surface area contributed by atoms with Crippen molar-refractivity contribution in [2.45, 2.75) is 45.1 Å². The second-order valence-electron chi connectivity index (χ2n) is 9.00. The van der Waals surface area contributed by atoms with E-state index in [2.05, 4.69) is 45.7 Å². The van der Waals surface area contributed by atoms with Gasteiger partial charge in [0.05, 0.1) is 6.04 Å². The fourth-order valence-electron chi connectivity index (χ4n) is 4.86. The van der Waals surface area contributed by atoms with Crippen molar-refractivity contribution in [2.75, 3.05) is 43.4 Å². The number of likely N-dealkylation sites (tertiary alicyclic amines) is 1. The van der Waals surface area contributed by atoms with Gasteiger partial charge in [0.2, 0.25) is 0 Å². The summed E-state index contributed by atoms with van der Waals surface area (Å²) in [5, 5.41) is 5.63. The van der Waals surface area contributed by atoms with Crippen molar-refractivity contribution in [3.8, 4) is 0 Å². The Morgan fingerprint density at radius 1 is 0.969 bits per heavy atom. The summed E-state index contributed by atoms with van der Waals surface area (Å²) < 4.78 is 0. The van der Waals surface area contributed by atoms with Crippen LogP contribution in [0.15, 0.2) is 42.5 Å². The summed E-state index contributed by atoms with van der Waals surface area (Å²) in [5.41, 5.74) is 5.50.